The fourth-order valence-electron chi connectivity index (χ4n) is 2.43. The van der Waals surface area contributed by atoms with Crippen molar-refractivity contribution in [3.63, 3.8) is 0 Å². The van der Waals surface area contributed by atoms with Gasteiger partial charge in [0.1, 0.15) is 0 Å². The Bertz CT molecular complexity index is 306. The molecule has 1 aromatic rings. The standard InChI is InChI=1S/C12H21N3/c1-10-4-3-5-11(8-10)13-9-12-6-7-15(2)14-12/h6-7,10-11,13H,3-5,8-9H2,1-2H3. The molecule has 1 aromatic heterocycles. The highest BCUT2D eigenvalue weighted by Gasteiger charge is 2.18. The van der Waals surface area contributed by atoms with Crippen LogP contribution in [0.15, 0.2) is 12.3 Å². The van der Waals surface area contributed by atoms with Crippen LogP contribution >= 0.6 is 0 Å². The lowest BCUT2D eigenvalue weighted by Crippen LogP contribution is -2.33. The highest BCUT2D eigenvalue weighted by molar-refractivity contribution is 4.98. The molecule has 2 atom stereocenters. The number of aromatic nitrogens is 2. The highest BCUT2D eigenvalue weighted by atomic mass is 15.3. The molecule has 3 heteroatoms. The molecule has 1 aliphatic carbocycles. The minimum Gasteiger partial charge on any atom is -0.308 e. The Balaban J connectivity index is 1.77. The summed E-state index contributed by atoms with van der Waals surface area (Å²) >= 11 is 0. The quantitative estimate of drug-likeness (QED) is 0.822. The van der Waals surface area contributed by atoms with Crippen LogP contribution < -0.4 is 5.32 Å². The Morgan fingerprint density at radius 2 is 2.40 bits per heavy atom. The summed E-state index contributed by atoms with van der Waals surface area (Å²) < 4.78 is 1.86. The Labute approximate surface area is 91.9 Å². The number of nitrogens with zero attached hydrogens (tertiary/aromatic N) is 2. The van der Waals surface area contributed by atoms with E-state index in [0.717, 1.165) is 18.2 Å². The summed E-state index contributed by atoms with van der Waals surface area (Å²) in [6.07, 6.45) is 7.44. The molecule has 1 aliphatic rings. The average molecular weight is 207 g/mol. The van der Waals surface area contributed by atoms with E-state index < -0.39 is 0 Å². The number of hydrogen-bond acceptors (Lipinski definition) is 2. The zero-order chi connectivity index (χ0) is 10.7. The second-order valence-corrected chi connectivity index (χ2v) is 4.83. The van der Waals surface area contributed by atoms with E-state index in [0.29, 0.717) is 6.04 Å². The third-order valence-electron chi connectivity index (χ3n) is 3.28. The summed E-state index contributed by atoms with van der Waals surface area (Å²) in [4.78, 5) is 0. The maximum Gasteiger partial charge on any atom is 0.0762 e. The summed E-state index contributed by atoms with van der Waals surface area (Å²) in [5.41, 5.74) is 1.15. The molecule has 15 heavy (non-hydrogen) atoms. The van der Waals surface area contributed by atoms with Crippen molar-refractivity contribution >= 4 is 0 Å². The first-order valence-corrected chi connectivity index (χ1v) is 5.96. The van der Waals surface area contributed by atoms with Gasteiger partial charge in [-0.3, -0.25) is 4.68 Å². The predicted octanol–water partition coefficient (Wildman–Crippen LogP) is 2.09. The van der Waals surface area contributed by atoms with Crippen molar-refractivity contribution in [3.8, 4) is 0 Å². The first kappa shape index (κ1) is 10.7. The van der Waals surface area contributed by atoms with Crippen LogP contribution in [0.2, 0.25) is 0 Å². The maximum atomic E-state index is 4.37. The average Bonchev–Trinajstić information content (AvgIpc) is 2.62. The van der Waals surface area contributed by atoms with Crippen molar-refractivity contribution in [1.82, 2.24) is 15.1 Å². The lowest BCUT2D eigenvalue weighted by Gasteiger charge is -2.27. The largest absolute Gasteiger partial charge is 0.308 e. The minimum atomic E-state index is 0.704. The van der Waals surface area contributed by atoms with Gasteiger partial charge in [-0.1, -0.05) is 19.8 Å². The third kappa shape index (κ3) is 3.06. The van der Waals surface area contributed by atoms with Crippen LogP contribution in [0.4, 0.5) is 0 Å². The summed E-state index contributed by atoms with van der Waals surface area (Å²) in [7, 11) is 1.96. The molecule has 0 amide bonds. The van der Waals surface area contributed by atoms with Gasteiger partial charge in [0.25, 0.3) is 0 Å². The van der Waals surface area contributed by atoms with Crippen molar-refractivity contribution in [2.75, 3.05) is 0 Å². The smallest absolute Gasteiger partial charge is 0.0762 e. The van der Waals surface area contributed by atoms with Gasteiger partial charge in [0.2, 0.25) is 0 Å². The number of aryl methyl sites for hydroxylation is 1. The number of hydrogen-bond donors (Lipinski definition) is 1. The molecule has 2 unspecified atom stereocenters. The predicted molar refractivity (Wildman–Crippen MR) is 61.5 cm³/mol. The van der Waals surface area contributed by atoms with Crippen LogP contribution in [0.3, 0.4) is 0 Å². The second-order valence-electron chi connectivity index (χ2n) is 4.83. The Morgan fingerprint density at radius 3 is 3.07 bits per heavy atom. The van der Waals surface area contributed by atoms with Gasteiger partial charge < -0.3 is 5.32 Å². The molecule has 0 radical (unpaired) electrons. The molecular weight excluding hydrogens is 186 g/mol. The first-order chi connectivity index (χ1) is 7.24. The number of rotatable bonds is 3. The van der Waals surface area contributed by atoms with E-state index in [4.69, 9.17) is 0 Å². The van der Waals surface area contributed by atoms with Crippen LogP contribution in [0.25, 0.3) is 0 Å². The molecule has 0 bridgehead atoms. The van der Waals surface area contributed by atoms with E-state index >= 15 is 0 Å². The van der Waals surface area contributed by atoms with Crippen molar-refractivity contribution < 1.29 is 0 Å². The van der Waals surface area contributed by atoms with Gasteiger partial charge in [0, 0.05) is 25.8 Å². The van der Waals surface area contributed by atoms with E-state index in [1.807, 2.05) is 17.9 Å². The van der Waals surface area contributed by atoms with Crippen LogP contribution in [0.5, 0.6) is 0 Å². The third-order valence-corrected chi connectivity index (χ3v) is 3.28. The van der Waals surface area contributed by atoms with Crippen molar-refractivity contribution in [2.45, 2.75) is 45.2 Å². The molecule has 1 N–H and O–H groups in total. The number of nitrogens with one attached hydrogen (secondary N) is 1. The van der Waals surface area contributed by atoms with Crippen LogP contribution in [-0.2, 0) is 13.6 Å². The molecule has 0 spiro atoms. The van der Waals surface area contributed by atoms with Gasteiger partial charge in [0.05, 0.1) is 5.69 Å². The van der Waals surface area contributed by atoms with Crippen molar-refractivity contribution in [1.29, 1.82) is 0 Å². The first-order valence-electron chi connectivity index (χ1n) is 5.96. The zero-order valence-electron chi connectivity index (χ0n) is 9.74. The molecule has 0 saturated heterocycles. The summed E-state index contributed by atoms with van der Waals surface area (Å²) in [5, 5.41) is 7.97. The van der Waals surface area contributed by atoms with E-state index in [-0.39, 0.29) is 0 Å². The van der Waals surface area contributed by atoms with Crippen LogP contribution in [0.1, 0.15) is 38.3 Å². The topological polar surface area (TPSA) is 29.9 Å². The minimum absolute atomic E-state index is 0.704. The summed E-state index contributed by atoms with van der Waals surface area (Å²) in [6.45, 7) is 3.27. The lowest BCUT2D eigenvalue weighted by atomic mass is 9.87. The molecule has 1 heterocycles. The molecule has 1 fully saturated rings. The van der Waals surface area contributed by atoms with E-state index in [1.54, 1.807) is 0 Å². The highest BCUT2D eigenvalue weighted by Crippen LogP contribution is 2.23. The summed E-state index contributed by atoms with van der Waals surface area (Å²) in [5.74, 6) is 0.889. The Kier molecular flexibility index (Phi) is 3.41. The zero-order valence-corrected chi connectivity index (χ0v) is 9.74. The van der Waals surface area contributed by atoms with Crippen molar-refractivity contribution in [2.24, 2.45) is 13.0 Å². The van der Waals surface area contributed by atoms with E-state index in [2.05, 4.69) is 23.4 Å². The van der Waals surface area contributed by atoms with Crippen LogP contribution in [-0.4, -0.2) is 15.8 Å². The lowest BCUT2D eigenvalue weighted by molar-refractivity contribution is 0.299. The monoisotopic (exact) mass is 207 g/mol. The Hall–Kier alpha value is -0.830. The normalized spacial score (nSPS) is 26.8. The van der Waals surface area contributed by atoms with Crippen LogP contribution in [0, 0.1) is 5.92 Å². The summed E-state index contributed by atoms with van der Waals surface area (Å²) in [6, 6.07) is 2.79. The van der Waals surface area contributed by atoms with Gasteiger partial charge >= 0.3 is 0 Å². The molecule has 1 saturated carbocycles. The molecule has 2 rings (SSSR count). The SMILES string of the molecule is CC1CCCC(NCc2ccn(C)n2)C1. The molecule has 3 nitrogen and oxygen atoms in total. The van der Waals surface area contributed by atoms with Gasteiger partial charge in [-0.2, -0.15) is 5.10 Å². The molecular formula is C12H21N3. The Morgan fingerprint density at radius 1 is 1.53 bits per heavy atom. The van der Waals surface area contributed by atoms with Gasteiger partial charge in [0.15, 0.2) is 0 Å². The fourth-order valence-corrected chi connectivity index (χ4v) is 2.43. The maximum absolute atomic E-state index is 4.37. The van der Waals surface area contributed by atoms with Gasteiger partial charge in [-0.05, 0) is 24.8 Å². The van der Waals surface area contributed by atoms with Crippen molar-refractivity contribution in [3.05, 3.63) is 18.0 Å². The van der Waals surface area contributed by atoms with Gasteiger partial charge in [-0.15, -0.1) is 0 Å². The van der Waals surface area contributed by atoms with E-state index in [1.165, 1.54) is 25.7 Å². The molecule has 84 valence electrons. The molecule has 0 aliphatic heterocycles. The van der Waals surface area contributed by atoms with E-state index in [9.17, 15) is 0 Å². The van der Waals surface area contributed by atoms with Gasteiger partial charge in [-0.25, -0.2) is 0 Å². The second kappa shape index (κ2) is 4.79. The fraction of sp³-hybridized carbons (Fsp3) is 0.750. The molecule has 0 aromatic carbocycles.